The van der Waals surface area contributed by atoms with Gasteiger partial charge in [0.15, 0.2) is 0 Å². The molecule has 1 aliphatic rings. The van der Waals surface area contributed by atoms with Crippen molar-refractivity contribution in [2.24, 2.45) is 5.92 Å². The molecular weight excluding hydrogens is 238 g/mol. The van der Waals surface area contributed by atoms with Crippen LogP contribution >= 0.6 is 0 Å². The maximum Gasteiger partial charge on any atom is 0.224 e. The number of nitrogens with one attached hydrogen (secondary N) is 1. The second-order valence-electron chi connectivity index (χ2n) is 5.32. The highest BCUT2D eigenvalue weighted by Gasteiger charge is 2.14. The number of carbonyl (C=O) groups excluding carboxylic acids is 1. The van der Waals surface area contributed by atoms with Crippen LogP contribution in [-0.2, 0) is 4.79 Å². The Morgan fingerprint density at radius 1 is 1.32 bits per heavy atom. The molecule has 1 aliphatic carbocycles. The lowest BCUT2D eigenvalue weighted by atomic mass is 9.86. The van der Waals surface area contributed by atoms with Crippen molar-refractivity contribution in [3.63, 3.8) is 0 Å². The molecular formula is C16H23NO2. The summed E-state index contributed by atoms with van der Waals surface area (Å²) in [5, 5.41) is 2.94. The zero-order valence-corrected chi connectivity index (χ0v) is 11.7. The molecule has 0 bridgehead atoms. The summed E-state index contributed by atoms with van der Waals surface area (Å²) >= 11 is 0. The van der Waals surface area contributed by atoms with E-state index in [-0.39, 0.29) is 5.91 Å². The van der Waals surface area contributed by atoms with E-state index < -0.39 is 0 Å². The van der Waals surface area contributed by atoms with Crippen molar-refractivity contribution in [2.45, 2.75) is 44.9 Å². The predicted molar refractivity (Wildman–Crippen MR) is 77.4 cm³/mol. The van der Waals surface area contributed by atoms with Gasteiger partial charge in [-0.3, -0.25) is 4.79 Å². The van der Waals surface area contributed by atoms with Gasteiger partial charge in [-0.15, -0.1) is 0 Å². The van der Waals surface area contributed by atoms with Gasteiger partial charge in [0, 0.05) is 18.2 Å². The lowest BCUT2D eigenvalue weighted by Crippen LogP contribution is -2.14. The number of hydrogen-bond donors (Lipinski definition) is 1. The van der Waals surface area contributed by atoms with Crippen LogP contribution in [-0.4, -0.2) is 13.0 Å². The number of ether oxygens (including phenoxy) is 1. The first-order chi connectivity index (χ1) is 9.28. The van der Waals surface area contributed by atoms with Crippen LogP contribution in [0.25, 0.3) is 0 Å². The maximum atomic E-state index is 11.9. The minimum atomic E-state index is 0.110. The summed E-state index contributed by atoms with van der Waals surface area (Å²) in [5.74, 6) is 1.63. The quantitative estimate of drug-likeness (QED) is 0.870. The Balaban J connectivity index is 1.76. The van der Waals surface area contributed by atoms with Gasteiger partial charge in [0.1, 0.15) is 5.75 Å². The lowest BCUT2D eigenvalue weighted by Gasteiger charge is -2.21. The molecule has 0 unspecified atom stereocenters. The fraction of sp³-hybridized carbons (Fsp3) is 0.562. The van der Waals surface area contributed by atoms with Gasteiger partial charge >= 0.3 is 0 Å². The average Bonchev–Trinajstić information content (AvgIpc) is 2.46. The number of anilines is 1. The normalized spacial score (nSPS) is 16.1. The summed E-state index contributed by atoms with van der Waals surface area (Å²) in [6.07, 6.45) is 8.29. The first kappa shape index (κ1) is 13.9. The molecule has 0 atom stereocenters. The summed E-state index contributed by atoms with van der Waals surface area (Å²) in [6.45, 7) is 0. The number of hydrogen-bond acceptors (Lipinski definition) is 2. The largest absolute Gasteiger partial charge is 0.497 e. The van der Waals surface area contributed by atoms with E-state index in [1.165, 1.54) is 32.1 Å². The van der Waals surface area contributed by atoms with Gasteiger partial charge in [-0.25, -0.2) is 0 Å². The topological polar surface area (TPSA) is 38.3 Å². The van der Waals surface area contributed by atoms with Crippen LogP contribution in [0, 0.1) is 5.92 Å². The Morgan fingerprint density at radius 3 is 2.84 bits per heavy atom. The summed E-state index contributed by atoms with van der Waals surface area (Å²) < 4.78 is 5.14. The smallest absolute Gasteiger partial charge is 0.224 e. The number of amides is 1. The summed E-state index contributed by atoms with van der Waals surface area (Å²) in [6, 6.07) is 7.49. The molecule has 2 rings (SSSR count). The fourth-order valence-corrected chi connectivity index (χ4v) is 2.74. The minimum absolute atomic E-state index is 0.110. The third-order valence-electron chi connectivity index (χ3n) is 3.86. The summed E-state index contributed by atoms with van der Waals surface area (Å²) in [4.78, 5) is 11.9. The number of benzene rings is 1. The van der Waals surface area contributed by atoms with Crippen LogP contribution in [0.1, 0.15) is 44.9 Å². The van der Waals surface area contributed by atoms with E-state index in [9.17, 15) is 4.79 Å². The number of methoxy groups -OCH3 is 1. The van der Waals surface area contributed by atoms with Gasteiger partial charge in [0.2, 0.25) is 5.91 Å². The highest BCUT2D eigenvalue weighted by atomic mass is 16.5. The molecule has 0 spiro atoms. The van der Waals surface area contributed by atoms with Crippen LogP contribution in [0.3, 0.4) is 0 Å². The van der Waals surface area contributed by atoms with Crippen LogP contribution in [0.5, 0.6) is 5.75 Å². The van der Waals surface area contributed by atoms with Crippen molar-refractivity contribution in [3.8, 4) is 5.75 Å². The van der Waals surface area contributed by atoms with Crippen LogP contribution in [0.2, 0.25) is 0 Å². The van der Waals surface area contributed by atoms with Crippen molar-refractivity contribution in [1.29, 1.82) is 0 Å². The Morgan fingerprint density at radius 2 is 2.11 bits per heavy atom. The first-order valence-electron chi connectivity index (χ1n) is 7.22. The molecule has 0 radical (unpaired) electrons. The molecule has 0 aliphatic heterocycles. The van der Waals surface area contributed by atoms with E-state index in [4.69, 9.17) is 4.74 Å². The number of carbonyl (C=O) groups is 1. The zero-order chi connectivity index (χ0) is 13.5. The highest BCUT2D eigenvalue weighted by molar-refractivity contribution is 5.90. The van der Waals surface area contributed by atoms with Crippen molar-refractivity contribution < 1.29 is 9.53 Å². The standard InChI is InChI=1S/C16H23NO2/c1-19-15-9-5-8-14(12-15)17-16(18)11-10-13-6-3-2-4-7-13/h5,8-9,12-13H,2-4,6-7,10-11H2,1H3,(H,17,18). The van der Waals surface area contributed by atoms with Crippen molar-refractivity contribution in [3.05, 3.63) is 24.3 Å². The van der Waals surface area contributed by atoms with Gasteiger partial charge in [0.05, 0.1) is 7.11 Å². The third kappa shape index (κ3) is 4.58. The monoisotopic (exact) mass is 261 g/mol. The SMILES string of the molecule is COc1cccc(NC(=O)CCC2CCCCC2)c1. The fourth-order valence-electron chi connectivity index (χ4n) is 2.74. The average molecular weight is 261 g/mol. The molecule has 1 fully saturated rings. The van der Waals surface area contributed by atoms with Crippen LogP contribution in [0.4, 0.5) is 5.69 Å². The van der Waals surface area contributed by atoms with Gasteiger partial charge in [-0.1, -0.05) is 38.2 Å². The van der Waals surface area contributed by atoms with E-state index in [0.717, 1.165) is 23.8 Å². The van der Waals surface area contributed by atoms with Crippen LogP contribution < -0.4 is 10.1 Å². The van der Waals surface area contributed by atoms with Gasteiger partial charge < -0.3 is 10.1 Å². The number of rotatable bonds is 5. The molecule has 1 aromatic carbocycles. The second-order valence-corrected chi connectivity index (χ2v) is 5.32. The molecule has 3 heteroatoms. The molecule has 0 aromatic heterocycles. The Kier molecular flexibility index (Phi) is 5.25. The van der Waals surface area contributed by atoms with Crippen molar-refractivity contribution >= 4 is 11.6 Å². The van der Waals surface area contributed by atoms with Gasteiger partial charge in [-0.2, -0.15) is 0 Å². The van der Waals surface area contributed by atoms with E-state index in [1.54, 1.807) is 7.11 Å². The first-order valence-corrected chi connectivity index (χ1v) is 7.22. The Hall–Kier alpha value is -1.51. The van der Waals surface area contributed by atoms with E-state index in [2.05, 4.69) is 5.32 Å². The van der Waals surface area contributed by atoms with Crippen molar-refractivity contribution in [1.82, 2.24) is 0 Å². The van der Waals surface area contributed by atoms with E-state index >= 15 is 0 Å². The third-order valence-corrected chi connectivity index (χ3v) is 3.86. The Labute approximate surface area is 115 Å². The summed E-state index contributed by atoms with van der Waals surface area (Å²) in [7, 11) is 1.63. The minimum Gasteiger partial charge on any atom is -0.497 e. The molecule has 0 saturated heterocycles. The second kappa shape index (κ2) is 7.17. The molecule has 104 valence electrons. The van der Waals surface area contributed by atoms with Gasteiger partial charge in [0.25, 0.3) is 0 Å². The molecule has 1 aromatic rings. The predicted octanol–water partition coefficient (Wildman–Crippen LogP) is 3.99. The Bertz CT molecular complexity index is 411. The highest BCUT2D eigenvalue weighted by Crippen LogP contribution is 2.27. The maximum absolute atomic E-state index is 11.9. The molecule has 19 heavy (non-hydrogen) atoms. The molecule has 0 heterocycles. The van der Waals surface area contributed by atoms with Crippen molar-refractivity contribution in [2.75, 3.05) is 12.4 Å². The lowest BCUT2D eigenvalue weighted by molar-refractivity contribution is -0.116. The zero-order valence-electron chi connectivity index (χ0n) is 11.7. The van der Waals surface area contributed by atoms with Crippen LogP contribution in [0.15, 0.2) is 24.3 Å². The summed E-state index contributed by atoms with van der Waals surface area (Å²) in [5.41, 5.74) is 0.813. The molecule has 1 N–H and O–H groups in total. The van der Waals surface area contributed by atoms with E-state index in [0.29, 0.717) is 6.42 Å². The van der Waals surface area contributed by atoms with E-state index in [1.807, 2.05) is 24.3 Å². The molecule has 1 amide bonds. The van der Waals surface area contributed by atoms with Gasteiger partial charge in [-0.05, 0) is 24.5 Å². The molecule has 3 nitrogen and oxygen atoms in total. The molecule has 1 saturated carbocycles.